The van der Waals surface area contributed by atoms with Crippen LogP contribution in [-0.2, 0) is 13.1 Å². The van der Waals surface area contributed by atoms with Crippen LogP contribution < -0.4 is 15.5 Å². The van der Waals surface area contributed by atoms with Gasteiger partial charge in [0.05, 0.1) is 13.1 Å². The summed E-state index contributed by atoms with van der Waals surface area (Å²) >= 11 is 1.82. The molecule has 0 unspecified atom stereocenters. The minimum absolute atomic E-state index is 0. The molecule has 3 heterocycles. The van der Waals surface area contributed by atoms with Crippen molar-refractivity contribution in [2.75, 3.05) is 24.5 Å². The fourth-order valence-electron chi connectivity index (χ4n) is 3.20. The maximum Gasteiger partial charge on any atom is 0.191 e. The molecule has 0 radical (unpaired) electrons. The predicted octanol–water partition coefficient (Wildman–Crippen LogP) is 4.56. The maximum atomic E-state index is 4.70. The van der Waals surface area contributed by atoms with Crippen LogP contribution in [0, 0.1) is 12.8 Å². The Bertz CT molecular complexity index is 736. The average Bonchev–Trinajstić information content (AvgIpc) is 3.10. The van der Waals surface area contributed by atoms with Gasteiger partial charge >= 0.3 is 0 Å². The maximum absolute atomic E-state index is 4.70. The van der Waals surface area contributed by atoms with E-state index in [0.29, 0.717) is 6.54 Å². The van der Waals surface area contributed by atoms with E-state index in [9.17, 15) is 0 Å². The Morgan fingerprint density at radius 1 is 1.21 bits per heavy atom. The molecule has 0 saturated carbocycles. The second-order valence-corrected chi connectivity index (χ2v) is 8.63. The first-order valence-electron chi connectivity index (χ1n) is 9.91. The number of aryl methyl sites for hydroxylation is 1. The minimum atomic E-state index is 0. The quantitative estimate of drug-likeness (QED) is 0.338. The van der Waals surface area contributed by atoms with Gasteiger partial charge in [0.25, 0.3) is 0 Å². The van der Waals surface area contributed by atoms with Crippen LogP contribution in [0.4, 0.5) is 5.82 Å². The number of halogens is 1. The Balaban J connectivity index is 0.00000280. The monoisotopic (exact) mass is 513 g/mol. The van der Waals surface area contributed by atoms with E-state index in [-0.39, 0.29) is 24.0 Å². The van der Waals surface area contributed by atoms with Crippen molar-refractivity contribution in [3.63, 3.8) is 0 Å². The molecule has 1 aliphatic heterocycles. The van der Waals surface area contributed by atoms with E-state index >= 15 is 0 Å². The van der Waals surface area contributed by atoms with E-state index in [2.05, 4.69) is 65.6 Å². The van der Waals surface area contributed by atoms with Gasteiger partial charge in [0.1, 0.15) is 5.82 Å². The van der Waals surface area contributed by atoms with Crippen molar-refractivity contribution >= 4 is 47.1 Å². The second kappa shape index (κ2) is 11.6. The fraction of sp³-hybridized carbons (Fsp3) is 0.524. The summed E-state index contributed by atoms with van der Waals surface area (Å²) in [5, 5.41) is 6.72. The van der Waals surface area contributed by atoms with Crippen LogP contribution in [0.1, 0.15) is 42.0 Å². The summed E-state index contributed by atoms with van der Waals surface area (Å²) in [7, 11) is 0. The first kappa shape index (κ1) is 22.9. The lowest BCUT2D eigenvalue weighted by Crippen LogP contribution is -2.36. The third-order valence-electron chi connectivity index (χ3n) is 4.91. The van der Waals surface area contributed by atoms with Gasteiger partial charge in [-0.3, -0.25) is 0 Å². The smallest absolute Gasteiger partial charge is 0.191 e. The number of guanidine groups is 1. The highest BCUT2D eigenvalue weighted by Gasteiger charge is 2.16. The fourth-order valence-corrected chi connectivity index (χ4v) is 4.03. The van der Waals surface area contributed by atoms with Crippen molar-refractivity contribution in [2.24, 2.45) is 10.9 Å². The van der Waals surface area contributed by atoms with Crippen molar-refractivity contribution in [1.82, 2.24) is 15.6 Å². The number of thiophene rings is 1. The van der Waals surface area contributed by atoms with Crippen LogP contribution in [0.25, 0.3) is 0 Å². The van der Waals surface area contributed by atoms with Crippen molar-refractivity contribution < 1.29 is 0 Å². The molecule has 3 rings (SSSR count). The summed E-state index contributed by atoms with van der Waals surface area (Å²) in [6, 6.07) is 8.61. The number of aromatic nitrogens is 1. The summed E-state index contributed by atoms with van der Waals surface area (Å²) < 4.78 is 0. The van der Waals surface area contributed by atoms with Crippen molar-refractivity contribution in [3.05, 3.63) is 45.8 Å². The molecule has 5 nitrogen and oxygen atoms in total. The number of hydrogen-bond acceptors (Lipinski definition) is 4. The highest BCUT2D eigenvalue weighted by Crippen LogP contribution is 2.21. The Morgan fingerprint density at radius 2 is 2.00 bits per heavy atom. The SMILES string of the molecule is CCNC(=NCc1ccc(N2CCC(C)CC2)nc1)NCc1ccc(C)s1.I. The van der Waals surface area contributed by atoms with Gasteiger partial charge < -0.3 is 15.5 Å². The molecule has 1 fully saturated rings. The Kier molecular flexibility index (Phi) is 9.50. The van der Waals surface area contributed by atoms with Gasteiger partial charge in [0.15, 0.2) is 5.96 Å². The van der Waals surface area contributed by atoms with Gasteiger partial charge in [-0.1, -0.05) is 13.0 Å². The van der Waals surface area contributed by atoms with Crippen LogP contribution in [0.5, 0.6) is 0 Å². The van der Waals surface area contributed by atoms with Crippen LogP contribution in [-0.4, -0.2) is 30.6 Å². The molecule has 0 atom stereocenters. The third-order valence-corrected chi connectivity index (χ3v) is 5.91. The molecule has 0 bridgehead atoms. The topological polar surface area (TPSA) is 52.6 Å². The van der Waals surface area contributed by atoms with E-state index in [1.54, 1.807) is 0 Å². The number of nitrogens with one attached hydrogen (secondary N) is 2. The summed E-state index contributed by atoms with van der Waals surface area (Å²) in [4.78, 5) is 14.4. The van der Waals surface area contributed by atoms with Gasteiger partial charge in [-0.25, -0.2) is 9.98 Å². The van der Waals surface area contributed by atoms with Gasteiger partial charge in [-0.2, -0.15) is 0 Å². The van der Waals surface area contributed by atoms with Gasteiger partial charge in [0, 0.05) is 35.6 Å². The van der Waals surface area contributed by atoms with Gasteiger partial charge in [-0.15, -0.1) is 35.3 Å². The number of aliphatic imine (C=N–C) groups is 1. The summed E-state index contributed by atoms with van der Waals surface area (Å²) in [6.07, 6.45) is 4.48. The van der Waals surface area contributed by atoms with Crippen LogP contribution in [0.15, 0.2) is 35.5 Å². The molecule has 0 spiro atoms. The largest absolute Gasteiger partial charge is 0.357 e. The Morgan fingerprint density at radius 3 is 2.61 bits per heavy atom. The number of piperidine rings is 1. The lowest BCUT2D eigenvalue weighted by molar-refractivity contribution is 0.436. The standard InChI is InChI=1S/C21H31N5S.HI/c1-4-22-21(25-15-19-7-5-17(3)27-19)24-14-18-6-8-20(23-13-18)26-11-9-16(2)10-12-26;/h5-8,13,16H,4,9-12,14-15H2,1-3H3,(H2,22,24,25);1H. The molecule has 2 aromatic rings. The van der Waals surface area contributed by atoms with Crippen LogP contribution >= 0.6 is 35.3 Å². The van der Waals surface area contributed by atoms with E-state index in [1.807, 2.05) is 17.5 Å². The number of pyridine rings is 1. The van der Waals surface area contributed by atoms with Gasteiger partial charge in [0.2, 0.25) is 0 Å². The lowest BCUT2D eigenvalue weighted by Gasteiger charge is -2.31. The highest BCUT2D eigenvalue weighted by atomic mass is 127. The van der Waals surface area contributed by atoms with E-state index < -0.39 is 0 Å². The van der Waals surface area contributed by atoms with Crippen LogP contribution in [0.3, 0.4) is 0 Å². The third kappa shape index (κ3) is 6.92. The Hall–Kier alpha value is -1.35. The summed E-state index contributed by atoms with van der Waals surface area (Å²) in [5.41, 5.74) is 1.13. The summed E-state index contributed by atoms with van der Waals surface area (Å²) in [6.45, 7) is 11.1. The number of anilines is 1. The predicted molar refractivity (Wildman–Crippen MR) is 131 cm³/mol. The molecule has 0 aromatic carbocycles. The van der Waals surface area contributed by atoms with Crippen LogP contribution in [0.2, 0.25) is 0 Å². The first-order valence-corrected chi connectivity index (χ1v) is 10.7. The molecule has 2 N–H and O–H groups in total. The van der Waals surface area contributed by atoms with E-state index in [4.69, 9.17) is 4.99 Å². The van der Waals surface area contributed by atoms with E-state index in [0.717, 1.165) is 49.4 Å². The molecule has 1 saturated heterocycles. The van der Waals surface area contributed by atoms with Crippen molar-refractivity contribution in [1.29, 1.82) is 0 Å². The zero-order chi connectivity index (χ0) is 19.1. The molecular formula is C21H32IN5S. The zero-order valence-corrected chi connectivity index (χ0v) is 20.2. The molecule has 0 aliphatic carbocycles. The molecule has 1 aliphatic rings. The number of rotatable bonds is 6. The molecule has 28 heavy (non-hydrogen) atoms. The van der Waals surface area contributed by atoms with E-state index in [1.165, 1.54) is 22.6 Å². The zero-order valence-electron chi connectivity index (χ0n) is 17.1. The molecule has 154 valence electrons. The number of nitrogens with zero attached hydrogens (tertiary/aromatic N) is 3. The van der Waals surface area contributed by atoms with Crippen molar-refractivity contribution in [3.8, 4) is 0 Å². The average molecular weight is 513 g/mol. The lowest BCUT2D eigenvalue weighted by atomic mass is 9.99. The first-order chi connectivity index (χ1) is 13.1. The molecular weight excluding hydrogens is 481 g/mol. The Labute approximate surface area is 190 Å². The highest BCUT2D eigenvalue weighted by molar-refractivity contribution is 14.0. The molecule has 2 aromatic heterocycles. The molecule has 0 amide bonds. The second-order valence-electron chi connectivity index (χ2n) is 7.26. The summed E-state index contributed by atoms with van der Waals surface area (Å²) in [5.74, 6) is 2.77. The van der Waals surface area contributed by atoms with Gasteiger partial charge in [-0.05, 0) is 56.4 Å². The normalized spacial score (nSPS) is 15.2. The van der Waals surface area contributed by atoms with Crippen molar-refractivity contribution in [2.45, 2.75) is 46.7 Å². The molecule has 7 heteroatoms. The number of hydrogen-bond donors (Lipinski definition) is 2. The minimum Gasteiger partial charge on any atom is -0.357 e.